The van der Waals surface area contributed by atoms with Crippen LogP contribution in [0.3, 0.4) is 0 Å². The molecule has 0 aromatic rings. The summed E-state index contributed by atoms with van der Waals surface area (Å²) in [6.45, 7) is 14.6. The number of hydrogen-bond acceptors (Lipinski definition) is 1. The predicted molar refractivity (Wildman–Crippen MR) is 65.7 cm³/mol. The van der Waals surface area contributed by atoms with Crippen LogP contribution in [0, 0.1) is 11.3 Å². The van der Waals surface area contributed by atoms with E-state index in [0.717, 1.165) is 12.8 Å². The molecular formula is C13H27NO. The van der Waals surface area contributed by atoms with Crippen molar-refractivity contribution in [2.45, 2.75) is 66.8 Å². The number of carbonyl (C=O) groups is 1. The maximum atomic E-state index is 12.1. The molecule has 0 aliphatic rings. The molecule has 2 heteroatoms. The molecule has 0 fully saturated rings. The summed E-state index contributed by atoms with van der Waals surface area (Å²) in [5.74, 6) is 0.304. The van der Waals surface area contributed by atoms with E-state index in [9.17, 15) is 4.79 Å². The molecule has 1 N–H and O–H groups in total. The van der Waals surface area contributed by atoms with Gasteiger partial charge in [0.25, 0.3) is 0 Å². The van der Waals surface area contributed by atoms with Gasteiger partial charge in [0.1, 0.15) is 0 Å². The van der Waals surface area contributed by atoms with Gasteiger partial charge >= 0.3 is 0 Å². The highest BCUT2D eigenvalue weighted by molar-refractivity contribution is 5.80. The second-order valence-electron chi connectivity index (χ2n) is 6.45. The van der Waals surface area contributed by atoms with E-state index in [-0.39, 0.29) is 22.8 Å². The Morgan fingerprint density at radius 2 is 1.60 bits per heavy atom. The molecule has 0 heterocycles. The summed E-state index contributed by atoms with van der Waals surface area (Å²) in [5.41, 5.74) is -0.0837. The van der Waals surface area contributed by atoms with Crippen LogP contribution >= 0.6 is 0 Å². The third-order valence-corrected chi connectivity index (χ3v) is 2.44. The number of amides is 1. The van der Waals surface area contributed by atoms with Crippen molar-refractivity contribution in [1.82, 2.24) is 5.32 Å². The van der Waals surface area contributed by atoms with Crippen LogP contribution in [0.1, 0.15) is 61.3 Å². The molecular weight excluding hydrogens is 186 g/mol. The first kappa shape index (κ1) is 14.5. The van der Waals surface area contributed by atoms with Crippen molar-refractivity contribution < 1.29 is 4.79 Å². The summed E-state index contributed by atoms with van der Waals surface area (Å²) in [7, 11) is 0. The molecule has 90 valence electrons. The highest BCUT2D eigenvalue weighted by Crippen LogP contribution is 2.30. The summed E-state index contributed by atoms with van der Waals surface area (Å²) < 4.78 is 0. The van der Waals surface area contributed by atoms with Gasteiger partial charge in [0, 0.05) is 11.5 Å². The Morgan fingerprint density at radius 3 is 1.87 bits per heavy atom. The first-order chi connectivity index (χ1) is 6.58. The molecule has 0 radical (unpaired) electrons. The van der Waals surface area contributed by atoms with Crippen molar-refractivity contribution >= 4 is 5.91 Å². The van der Waals surface area contributed by atoms with E-state index in [2.05, 4.69) is 33.0 Å². The van der Waals surface area contributed by atoms with Crippen LogP contribution in [0.15, 0.2) is 0 Å². The van der Waals surface area contributed by atoms with E-state index >= 15 is 0 Å². The van der Waals surface area contributed by atoms with E-state index in [4.69, 9.17) is 0 Å². The lowest BCUT2D eigenvalue weighted by atomic mass is 9.77. The van der Waals surface area contributed by atoms with Gasteiger partial charge in [-0.15, -0.1) is 0 Å². The van der Waals surface area contributed by atoms with Gasteiger partial charge in [0.2, 0.25) is 5.91 Å². The lowest BCUT2D eigenvalue weighted by molar-refractivity contribution is -0.130. The molecule has 0 saturated heterocycles. The van der Waals surface area contributed by atoms with Crippen LogP contribution in [0.25, 0.3) is 0 Å². The van der Waals surface area contributed by atoms with Gasteiger partial charge in [0.15, 0.2) is 0 Å². The van der Waals surface area contributed by atoms with Crippen LogP contribution in [0.4, 0.5) is 0 Å². The standard InChI is InChI=1S/C13H27NO/c1-8-9-10(12(2,3)4)11(15)14-13(5,6)7/h10H,8-9H2,1-7H3,(H,14,15). The Morgan fingerprint density at radius 1 is 1.13 bits per heavy atom. The number of nitrogens with one attached hydrogen (secondary N) is 1. The van der Waals surface area contributed by atoms with Gasteiger partial charge in [-0.1, -0.05) is 34.1 Å². The highest BCUT2D eigenvalue weighted by atomic mass is 16.2. The van der Waals surface area contributed by atoms with Crippen molar-refractivity contribution in [3.05, 3.63) is 0 Å². The average molecular weight is 213 g/mol. The topological polar surface area (TPSA) is 29.1 Å². The second kappa shape index (κ2) is 5.00. The summed E-state index contributed by atoms with van der Waals surface area (Å²) in [6, 6.07) is 0. The Kier molecular flexibility index (Phi) is 4.82. The van der Waals surface area contributed by atoms with Gasteiger partial charge in [0.05, 0.1) is 0 Å². The van der Waals surface area contributed by atoms with Gasteiger partial charge in [-0.3, -0.25) is 4.79 Å². The quantitative estimate of drug-likeness (QED) is 0.765. The fraction of sp³-hybridized carbons (Fsp3) is 0.923. The fourth-order valence-electron chi connectivity index (χ4n) is 1.70. The Labute approximate surface area is 94.8 Å². The van der Waals surface area contributed by atoms with Crippen molar-refractivity contribution in [2.24, 2.45) is 11.3 Å². The minimum atomic E-state index is -0.131. The van der Waals surface area contributed by atoms with Crippen molar-refractivity contribution in [1.29, 1.82) is 0 Å². The summed E-state index contributed by atoms with van der Waals surface area (Å²) in [4.78, 5) is 12.1. The molecule has 0 spiro atoms. The van der Waals surface area contributed by atoms with Crippen LogP contribution < -0.4 is 5.32 Å². The Balaban J connectivity index is 4.58. The Bertz CT molecular complexity index is 208. The van der Waals surface area contributed by atoms with Gasteiger partial charge in [-0.2, -0.15) is 0 Å². The van der Waals surface area contributed by atoms with E-state index in [1.54, 1.807) is 0 Å². The molecule has 0 aliphatic heterocycles. The van der Waals surface area contributed by atoms with Crippen molar-refractivity contribution in [2.75, 3.05) is 0 Å². The van der Waals surface area contributed by atoms with Crippen LogP contribution in [0.2, 0.25) is 0 Å². The minimum absolute atomic E-state index is 0.0470. The highest BCUT2D eigenvalue weighted by Gasteiger charge is 2.31. The largest absolute Gasteiger partial charge is 0.351 e. The molecule has 0 aromatic heterocycles. The second-order valence-corrected chi connectivity index (χ2v) is 6.45. The zero-order chi connectivity index (χ0) is 12.3. The van der Waals surface area contributed by atoms with E-state index in [0.29, 0.717) is 0 Å². The number of rotatable bonds is 3. The van der Waals surface area contributed by atoms with Crippen LogP contribution in [-0.4, -0.2) is 11.4 Å². The first-order valence-electron chi connectivity index (χ1n) is 5.90. The number of hydrogen-bond donors (Lipinski definition) is 1. The summed E-state index contributed by atoms with van der Waals surface area (Å²) in [6.07, 6.45) is 2.02. The van der Waals surface area contributed by atoms with E-state index in [1.807, 2.05) is 20.8 Å². The lowest BCUT2D eigenvalue weighted by Gasteiger charge is -2.32. The molecule has 1 amide bonds. The minimum Gasteiger partial charge on any atom is -0.351 e. The number of carbonyl (C=O) groups excluding carboxylic acids is 1. The maximum Gasteiger partial charge on any atom is 0.224 e. The molecule has 2 nitrogen and oxygen atoms in total. The fourth-order valence-corrected chi connectivity index (χ4v) is 1.70. The average Bonchev–Trinajstić information content (AvgIpc) is 1.93. The molecule has 15 heavy (non-hydrogen) atoms. The maximum absolute atomic E-state index is 12.1. The molecule has 1 unspecified atom stereocenters. The van der Waals surface area contributed by atoms with Gasteiger partial charge in [-0.25, -0.2) is 0 Å². The predicted octanol–water partition coefficient (Wildman–Crippen LogP) is 3.36. The zero-order valence-corrected chi connectivity index (χ0v) is 11.4. The van der Waals surface area contributed by atoms with E-state index < -0.39 is 0 Å². The normalized spacial score (nSPS) is 14.9. The Hall–Kier alpha value is -0.530. The van der Waals surface area contributed by atoms with Gasteiger partial charge in [-0.05, 0) is 32.6 Å². The van der Waals surface area contributed by atoms with Gasteiger partial charge < -0.3 is 5.32 Å². The van der Waals surface area contributed by atoms with Crippen molar-refractivity contribution in [3.8, 4) is 0 Å². The summed E-state index contributed by atoms with van der Waals surface area (Å²) >= 11 is 0. The zero-order valence-electron chi connectivity index (χ0n) is 11.4. The molecule has 1 atom stereocenters. The molecule has 0 aromatic carbocycles. The third kappa shape index (κ3) is 5.81. The van der Waals surface area contributed by atoms with Crippen LogP contribution in [0.5, 0.6) is 0 Å². The van der Waals surface area contributed by atoms with Crippen molar-refractivity contribution in [3.63, 3.8) is 0 Å². The third-order valence-electron chi connectivity index (χ3n) is 2.44. The molecule has 0 saturated carbocycles. The molecule has 0 bridgehead atoms. The SMILES string of the molecule is CCCC(C(=O)NC(C)(C)C)C(C)(C)C. The molecule has 0 rings (SSSR count). The van der Waals surface area contributed by atoms with Crippen LogP contribution in [-0.2, 0) is 4.79 Å². The first-order valence-corrected chi connectivity index (χ1v) is 5.90. The summed E-state index contributed by atoms with van der Waals surface area (Å²) in [5, 5.41) is 3.07. The lowest BCUT2D eigenvalue weighted by Crippen LogP contribution is -2.46. The van der Waals surface area contributed by atoms with E-state index in [1.165, 1.54) is 0 Å². The molecule has 0 aliphatic carbocycles. The smallest absolute Gasteiger partial charge is 0.224 e. The monoisotopic (exact) mass is 213 g/mol.